The molecule has 1 saturated carbocycles. The first-order valence-electron chi connectivity index (χ1n) is 5.38. The molecule has 1 rings (SSSR count). The summed E-state index contributed by atoms with van der Waals surface area (Å²) in [5.41, 5.74) is 0. The summed E-state index contributed by atoms with van der Waals surface area (Å²) in [7, 11) is 0. The van der Waals surface area contributed by atoms with Crippen LogP contribution in [0.2, 0.25) is 0 Å². The number of carboxylic acid groups (broad SMARTS) is 1. The van der Waals surface area contributed by atoms with Crippen molar-refractivity contribution in [3.8, 4) is 0 Å². The molecule has 0 spiro atoms. The topological polar surface area (TPSA) is 78.4 Å². The largest absolute Gasteiger partial charge is 0.480 e. The zero-order valence-corrected chi connectivity index (χ0v) is 10.2. The van der Waals surface area contributed by atoms with E-state index in [1.807, 2.05) is 6.26 Å². The Morgan fingerprint density at radius 1 is 1.50 bits per heavy atom. The van der Waals surface area contributed by atoms with E-state index < -0.39 is 12.0 Å². The normalized spacial score (nSPS) is 16.8. The molecule has 1 amide bonds. The van der Waals surface area contributed by atoms with Crippen LogP contribution in [0.15, 0.2) is 0 Å². The molecule has 3 N–H and O–H groups in total. The summed E-state index contributed by atoms with van der Waals surface area (Å²) in [6.07, 6.45) is 4.60. The summed E-state index contributed by atoms with van der Waals surface area (Å²) in [6, 6.07) is -0.304. The third-order valence-electron chi connectivity index (χ3n) is 2.37. The number of rotatable bonds is 8. The van der Waals surface area contributed by atoms with Crippen LogP contribution < -0.4 is 10.6 Å². The van der Waals surface area contributed by atoms with Crippen molar-refractivity contribution >= 4 is 23.6 Å². The molecule has 16 heavy (non-hydrogen) atoms. The monoisotopic (exact) mass is 246 g/mol. The molecule has 0 saturated heterocycles. The van der Waals surface area contributed by atoms with Crippen LogP contribution in [0.3, 0.4) is 0 Å². The maximum absolute atomic E-state index is 11.4. The van der Waals surface area contributed by atoms with Gasteiger partial charge in [0.25, 0.3) is 0 Å². The van der Waals surface area contributed by atoms with Gasteiger partial charge >= 0.3 is 5.97 Å². The average Bonchev–Trinajstić information content (AvgIpc) is 3.04. The molecule has 0 radical (unpaired) electrons. The minimum Gasteiger partial charge on any atom is -0.480 e. The Morgan fingerprint density at radius 2 is 2.19 bits per heavy atom. The van der Waals surface area contributed by atoms with E-state index >= 15 is 0 Å². The lowest BCUT2D eigenvalue weighted by molar-refractivity contribution is -0.141. The molecule has 5 nitrogen and oxygen atoms in total. The number of hydrogen-bond donors (Lipinski definition) is 3. The van der Waals surface area contributed by atoms with Gasteiger partial charge in [-0.1, -0.05) is 0 Å². The van der Waals surface area contributed by atoms with Gasteiger partial charge in [0.05, 0.1) is 6.54 Å². The summed E-state index contributed by atoms with van der Waals surface area (Å²) in [5.74, 6) is -0.470. The molecule has 1 atom stereocenters. The minimum atomic E-state index is -0.964. The van der Waals surface area contributed by atoms with Crippen molar-refractivity contribution in [2.75, 3.05) is 18.6 Å². The van der Waals surface area contributed by atoms with Gasteiger partial charge in [0.2, 0.25) is 5.91 Å². The molecule has 1 aliphatic rings. The highest BCUT2D eigenvalue weighted by Crippen LogP contribution is 2.17. The molecular formula is C10H18N2O3S. The van der Waals surface area contributed by atoms with Crippen LogP contribution in [0, 0.1) is 0 Å². The van der Waals surface area contributed by atoms with Crippen molar-refractivity contribution < 1.29 is 14.7 Å². The van der Waals surface area contributed by atoms with E-state index in [2.05, 4.69) is 10.6 Å². The molecule has 0 aromatic carbocycles. The molecule has 0 aromatic heterocycles. The molecule has 0 heterocycles. The van der Waals surface area contributed by atoms with Crippen LogP contribution in [0.1, 0.15) is 19.3 Å². The Kier molecular flexibility index (Phi) is 5.62. The number of carbonyl (C=O) groups is 2. The number of carbonyl (C=O) groups excluding carboxylic acids is 1. The second-order valence-electron chi connectivity index (χ2n) is 3.89. The van der Waals surface area contributed by atoms with E-state index in [1.165, 1.54) is 0 Å². The van der Waals surface area contributed by atoms with E-state index in [-0.39, 0.29) is 12.5 Å². The van der Waals surface area contributed by atoms with Crippen LogP contribution in [0.25, 0.3) is 0 Å². The summed E-state index contributed by atoms with van der Waals surface area (Å²) in [4.78, 5) is 22.3. The zero-order chi connectivity index (χ0) is 12.0. The molecule has 1 aliphatic carbocycles. The fraction of sp³-hybridized carbons (Fsp3) is 0.800. The lowest BCUT2D eigenvalue weighted by atomic mass is 10.2. The van der Waals surface area contributed by atoms with E-state index in [9.17, 15) is 9.59 Å². The summed E-state index contributed by atoms with van der Waals surface area (Å²) >= 11 is 1.57. The number of hydrogen-bond acceptors (Lipinski definition) is 4. The van der Waals surface area contributed by atoms with Crippen molar-refractivity contribution in [1.29, 1.82) is 0 Å². The van der Waals surface area contributed by atoms with Gasteiger partial charge in [-0.05, 0) is 31.3 Å². The van der Waals surface area contributed by atoms with Crippen molar-refractivity contribution in [2.45, 2.75) is 31.3 Å². The summed E-state index contributed by atoms with van der Waals surface area (Å²) < 4.78 is 0. The lowest BCUT2D eigenvalue weighted by Gasteiger charge is -2.14. The number of carboxylic acids is 1. The summed E-state index contributed by atoms with van der Waals surface area (Å²) in [6.45, 7) is 0.216. The van der Waals surface area contributed by atoms with Gasteiger partial charge in [-0.3, -0.25) is 4.79 Å². The summed E-state index contributed by atoms with van der Waals surface area (Å²) in [5, 5.41) is 14.5. The fourth-order valence-electron chi connectivity index (χ4n) is 1.26. The molecular weight excluding hydrogens is 228 g/mol. The Hall–Kier alpha value is -0.750. The van der Waals surface area contributed by atoms with Gasteiger partial charge in [0.1, 0.15) is 6.04 Å². The van der Waals surface area contributed by atoms with Crippen LogP contribution >= 0.6 is 11.8 Å². The Bertz CT molecular complexity index is 256. The molecule has 0 aromatic rings. The molecule has 6 heteroatoms. The number of amides is 1. The first-order valence-corrected chi connectivity index (χ1v) is 6.77. The first-order chi connectivity index (χ1) is 7.63. The standard InChI is InChI=1S/C10H18N2O3S/c1-16-5-4-8(10(14)15)12-9(13)6-11-7-2-3-7/h7-8,11H,2-6H2,1H3,(H,12,13)(H,14,15)/t8-/m0/s1. The number of aliphatic carboxylic acids is 1. The lowest BCUT2D eigenvalue weighted by Crippen LogP contribution is -2.45. The number of thioether (sulfide) groups is 1. The van der Waals surface area contributed by atoms with E-state index in [0.717, 1.165) is 18.6 Å². The van der Waals surface area contributed by atoms with E-state index in [0.29, 0.717) is 12.5 Å². The van der Waals surface area contributed by atoms with Crippen LogP contribution in [-0.2, 0) is 9.59 Å². The molecule has 1 fully saturated rings. The third kappa shape index (κ3) is 5.37. The van der Waals surface area contributed by atoms with E-state index in [1.54, 1.807) is 11.8 Å². The van der Waals surface area contributed by atoms with Crippen LogP contribution in [0.5, 0.6) is 0 Å². The average molecular weight is 246 g/mol. The van der Waals surface area contributed by atoms with Gasteiger partial charge < -0.3 is 15.7 Å². The molecule has 0 aliphatic heterocycles. The minimum absolute atomic E-state index is 0.216. The molecule has 0 unspecified atom stereocenters. The second-order valence-corrected chi connectivity index (χ2v) is 4.88. The Morgan fingerprint density at radius 3 is 2.69 bits per heavy atom. The third-order valence-corrected chi connectivity index (χ3v) is 3.02. The predicted molar refractivity (Wildman–Crippen MR) is 63.6 cm³/mol. The van der Waals surface area contributed by atoms with Crippen molar-refractivity contribution in [3.05, 3.63) is 0 Å². The predicted octanol–water partition coefficient (Wildman–Crippen LogP) is 0.0609. The van der Waals surface area contributed by atoms with Gasteiger partial charge in [0.15, 0.2) is 0 Å². The van der Waals surface area contributed by atoms with Gasteiger partial charge in [-0.25, -0.2) is 4.79 Å². The fourth-order valence-corrected chi connectivity index (χ4v) is 1.73. The highest BCUT2D eigenvalue weighted by Gasteiger charge is 2.23. The quantitative estimate of drug-likeness (QED) is 0.564. The molecule has 0 bridgehead atoms. The van der Waals surface area contributed by atoms with E-state index in [4.69, 9.17) is 5.11 Å². The highest BCUT2D eigenvalue weighted by atomic mass is 32.2. The van der Waals surface area contributed by atoms with Crippen molar-refractivity contribution in [2.24, 2.45) is 0 Å². The Balaban J connectivity index is 2.22. The highest BCUT2D eigenvalue weighted by molar-refractivity contribution is 7.98. The van der Waals surface area contributed by atoms with Crippen LogP contribution in [-0.4, -0.2) is 47.6 Å². The van der Waals surface area contributed by atoms with Crippen LogP contribution in [0.4, 0.5) is 0 Å². The number of nitrogens with one attached hydrogen (secondary N) is 2. The molecule has 92 valence electrons. The SMILES string of the molecule is CSCC[C@H](NC(=O)CNC1CC1)C(=O)O. The van der Waals surface area contributed by atoms with Gasteiger partial charge in [0, 0.05) is 6.04 Å². The van der Waals surface area contributed by atoms with Gasteiger partial charge in [-0.15, -0.1) is 0 Å². The maximum atomic E-state index is 11.4. The van der Waals surface area contributed by atoms with Crippen molar-refractivity contribution in [1.82, 2.24) is 10.6 Å². The second kappa shape index (κ2) is 6.75. The van der Waals surface area contributed by atoms with Gasteiger partial charge in [-0.2, -0.15) is 11.8 Å². The smallest absolute Gasteiger partial charge is 0.326 e. The van der Waals surface area contributed by atoms with Crippen molar-refractivity contribution in [3.63, 3.8) is 0 Å². The zero-order valence-electron chi connectivity index (χ0n) is 9.36. The maximum Gasteiger partial charge on any atom is 0.326 e. The Labute approximate surface area is 99.4 Å². The first kappa shape index (κ1) is 13.3.